The fourth-order valence-corrected chi connectivity index (χ4v) is 3.97. The Morgan fingerprint density at radius 1 is 0.939 bits per heavy atom. The largest absolute Gasteiger partial charge is 0.480 e. The minimum absolute atomic E-state index is 0.159. The zero-order valence-corrected chi connectivity index (χ0v) is 19.5. The van der Waals surface area contributed by atoms with Gasteiger partial charge in [0.1, 0.15) is 6.04 Å². The van der Waals surface area contributed by atoms with Crippen molar-refractivity contribution in [3.05, 3.63) is 48.0 Å². The van der Waals surface area contributed by atoms with Crippen LogP contribution in [0.4, 0.5) is 0 Å². The van der Waals surface area contributed by atoms with E-state index in [-0.39, 0.29) is 12.5 Å². The summed E-state index contributed by atoms with van der Waals surface area (Å²) < 4.78 is 0. The SMILES string of the molecule is CCN(CC)CCN(CC(=O)O)C(CCCCNC(=O)c1cccc2ccccc12)C(=O)O. The quantitative estimate of drug-likeness (QED) is 0.353. The van der Waals surface area contributed by atoms with Crippen LogP contribution in [0.15, 0.2) is 42.5 Å². The van der Waals surface area contributed by atoms with Crippen LogP contribution in [-0.4, -0.2) is 83.2 Å². The van der Waals surface area contributed by atoms with Gasteiger partial charge < -0.3 is 20.4 Å². The van der Waals surface area contributed by atoms with Gasteiger partial charge in [-0.3, -0.25) is 19.3 Å². The van der Waals surface area contributed by atoms with Gasteiger partial charge in [0, 0.05) is 25.2 Å². The smallest absolute Gasteiger partial charge is 0.320 e. The van der Waals surface area contributed by atoms with Crippen molar-refractivity contribution in [2.75, 3.05) is 39.3 Å². The molecule has 0 aliphatic carbocycles. The maximum absolute atomic E-state index is 12.6. The van der Waals surface area contributed by atoms with Gasteiger partial charge in [-0.15, -0.1) is 0 Å². The Labute approximate surface area is 195 Å². The lowest BCUT2D eigenvalue weighted by Crippen LogP contribution is -2.47. The highest BCUT2D eigenvalue weighted by molar-refractivity contribution is 6.06. The van der Waals surface area contributed by atoms with E-state index in [1.807, 2.05) is 50.2 Å². The molecule has 8 nitrogen and oxygen atoms in total. The molecule has 0 aromatic heterocycles. The van der Waals surface area contributed by atoms with Crippen molar-refractivity contribution in [1.82, 2.24) is 15.1 Å². The highest BCUT2D eigenvalue weighted by Crippen LogP contribution is 2.18. The van der Waals surface area contributed by atoms with Gasteiger partial charge in [0.25, 0.3) is 5.91 Å². The molecule has 0 aliphatic heterocycles. The predicted octanol–water partition coefficient (Wildman–Crippen LogP) is 2.92. The fourth-order valence-electron chi connectivity index (χ4n) is 3.97. The molecule has 3 N–H and O–H groups in total. The van der Waals surface area contributed by atoms with E-state index in [1.54, 1.807) is 6.07 Å². The van der Waals surface area contributed by atoms with Gasteiger partial charge in [0.15, 0.2) is 0 Å². The van der Waals surface area contributed by atoms with Gasteiger partial charge in [0.05, 0.1) is 6.54 Å². The van der Waals surface area contributed by atoms with Crippen molar-refractivity contribution in [3.63, 3.8) is 0 Å². The summed E-state index contributed by atoms with van der Waals surface area (Å²) in [7, 11) is 0. The molecule has 1 amide bonds. The Morgan fingerprint density at radius 3 is 2.30 bits per heavy atom. The number of benzene rings is 2. The number of carboxylic acid groups (broad SMARTS) is 2. The molecule has 0 fully saturated rings. The number of hydrogen-bond acceptors (Lipinski definition) is 5. The number of nitrogens with one attached hydrogen (secondary N) is 1. The minimum Gasteiger partial charge on any atom is -0.480 e. The Bertz CT molecular complexity index is 924. The van der Waals surface area contributed by atoms with Crippen LogP contribution in [-0.2, 0) is 9.59 Å². The van der Waals surface area contributed by atoms with Gasteiger partial charge >= 0.3 is 11.9 Å². The summed E-state index contributed by atoms with van der Waals surface area (Å²) in [5.74, 6) is -2.22. The number of amides is 1. The van der Waals surface area contributed by atoms with Crippen LogP contribution in [0.2, 0.25) is 0 Å². The molecule has 0 bridgehead atoms. The van der Waals surface area contributed by atoms with Crippen molar-refractivity contribution in [2.24, 2.45) is 0 Å². The normalized spacial score (nSPS) is 12.2. The third-order valence-electron chi connectivity index (χ3n) is 5.89. The molecule has 0 spiro atoms. The summed E-state index contributed by atoms with van der Waals surface area (Å²) in [6.45, 7) is 6.80. The van der Waals surface area contributed by atoms with E-state index in [9.17, 15) is 24.6 Å². The fraction of sp³-hybridized carbons (Fsp3) is 0.480. The number of aliphatic carboxylic acids is 2. The van der Waals surface area contributed by atoms with E-state index in [0.717, 1.165) is 23.9 Å². The molecule has 33 heavy (non-hydrogen) atoms. The topological polar surface area (TPSA) is 110 Å². The third kappa shape index (κ3) is 8.14. The molecule has 8 heteroatoms. The van der Waals surface area contributed by atoms with Crippen LogP contribution < -0.4 is 5.32 Å². The Morgan fingerprint density at radius 2 is 1.64 bits per heavy atom. The second-order valence-electron chi connectivity index (χ2n) is 8.02. The Hall–Kier alpha value is -2.97. The lowest BCUT2D eigenvalue weighted by molar-refractivity contribution is -0.146. The number of carbonyl (C=O) groups is 3. The number of hydrogen-bond donors (Lipinski definition) is 3. The van der Waals surface area contributed by atoms with Crippen LogP contribution >= 0.6 is 0 Å². The van der Waals surface area contributed by atoms with Crippen LogP contribution in [0.3, 0.4) is 0 Å². The maximum atomic E-state index is 12.6. The molecule has 0 heterocycles. The standard InChI is InChI=1S/C25H35N3O5/c1-3-27(4-2)16-17-28(18-23(29)30)22(25(32)33)14-7-8-15-26-24(31)21-13-9-11-19-10-5-6-12-20(19)21/h5-6,9-13,22H,3-4,7-8,14-18H2,1-2H3,(H,26,31)(H,29,30)(H,32,33). The van der Waals surface area contributed by atoms with Crippen molar-refractivity contribution in [2.45, 2.75) is 39.2 Å². The molecular weight excluding hydrogens is 422 g/mol. The molecule has 180 valence electrons. The zero-order chi connectivity index (χ0) is 24.2. The molecule has 2 rings (SSSR count). The highest BCUT2D eigenvalue weighted by Gasteiger charge is 2.27. The number of likely N-dealkylation sites (N-methyl/N-ethyl adjacent to an activating group) is 1. The predicted molar refractivity (Wildman–Crippen MR) is 129 cm³/mol. The number of rotatable bonds is 15. The Balaban J connectivity index is 1.88. The van der Waals surface area contributed by atoms with Crippen LogP contribution in [0.1, 0.15) is 43.5 Å². The summed E-state index contributed by atoms with van der Waals surface area (Å²) in [5, 5.41) is 23.8. The first-order valence-corrected chi connectivity index (χ1v) is 11.5. The van der Waals surface area contributed by atoms with Gasteiger partial charge in [0.2, 0.25) is 0 Å². The summed E-state index contributed by atoms with van der Waals surface area (Å²) in [4.78, 5) is 39.5. The number of nitrogens with zero attached hydrogens (tertiary/aromatic N) is 2. The Kier molecular flexibility index (Phi) is 10.8. The van der Waals surface area contributed by atoms with Crippen molar-refractivity contribution in [3.8, 4) is 0 Å². The molecule has 0 radical (unpaired) electrons. The van der Waals surface area contributed by atoms with Crippen LogP contribution in [0.5, 0.6) is 0 Å². The van der Waals surface area contributed by atoms with E-state index in [4.69, 9.17) is 0 Å². The first-order chi connectivity index (χ1) is 15.9. The molecule has 0 aliphatic rings. The summed E-state index contributed by atoms with van der Waals surface area (Å²) in [6, 6.07) is 12.4. The number of carbonyl (C=O) groups excluding carboxylic acids is 1. The van der Waals surface area contributed by atoms with Gasteiger partial charge in [-0.2, -0.15) is 0 Å². The summed E-state index contributed by atoms with van der Waals surface area (Å²) in [6.07, 6.45) is 1.50. The van der Waals surface area contributed by atoms with Crippen LogP contribution in [0, 0.1) is 0 Å². The average Bonchev–Trinajstić information content (AvgIpc) is 2.80. The first-order valence-electron chi connectivity index (χ1n) is 11.5. The number of fused-ring (bicyclic) bond motifs is 1. The van der Waals surface area contributed by atoms with Crippen LogP contribution in [0.25, 0.3) is 10.8 Å². The number of carboxylic acids is 2. The van der Waals surface area contributed by atoms with Gasteiger partial charge in [-0.1, -0.05) is 50.2 Å². The minimum atomic E-state index is -1.04. The van der Waals surface area contributed by atoms with Crippen molar-refractivity contribution >= 4 is 28.6 Å². The summed E-state index contributed by atoms with van der Waals surface area (Å²) >= 11 is 0. The van der Waals surface area contributed by atoms with E-state index in [2.05, 4.69) is 10.2 Å². The lowest BCUT2D eigenvalue weighted by atomic mass is 10.0. The molecule has 2 aromatic carbocycles. The van der Waals surface area contributed by atoms with E-state index < -0.39 is 18.0 Å². The zero-order valence-electron chi connectivity index (χ0n) is 19.5. The van der Waals surface area contributed by atoms with Gasteiger partial charge in [-0.25, -0.2) is 0 Å². The second-order valence-corrected chi connectivity index (χ2v) is 8.02. The van der Waals surface area contributed by atoms with Gasteiger partial charge in [-0.05, 0) is 49.2 Å². The monoisotopic (exact) mass is 457 g/mol. The van der Waals surface area contributed by atoms with Crippen molar-refractivity contribution < 1.29 is 24.6 Å². The molecule has 0 saturated carbocycles. The maximum Gasteiger partial charge on any atom is 0.320 e. The summed E-state index contributed by atoms with van der Waals surface area (Å²) in [5.41, 5.74) is 0.612. The van der Waals surface area contributed by atoms with Crippen molar-refractivity contribution in [1.29, 1.82) is 0 Å². The molecule has 0 saturated heterocycles. The molecular formula is C25H35N3O5. The molecule has 2 aromatic rings. The second kappa shape index (κ2) is 13.5. The van der Waals surface area contributed by atoms with E-state index in [1.165, 1.54) is 4.90 Å². The highest BCUT2D eigenvalue weighted by atomic mass is 16.4. The molecule has 1 atom stereocenters. The first kappa shape index (κ1) is 26.3. The van der Waals surface area contributed by atoms with E-state index >= 15 is 0 Å². The third-order valence-corrected chi connectivity index (χ3v) is 5.89. The van der Waals surface area contributed by atoms with E-state index in [0.29, 0.717) is 44.5 Å². The lowest BCUT2D eigenvalue weighted by Gasteiger charge is -2.29. The molecule has 1 unspecified atom stereocenters. The average molecular weight is 458 g/mol. The number of unbranched alkanes of at least 4 members (excludes halogenated alkanes) is 1.